The fourth-order valence-electron chi connectivity index (χ4n) is 5.78. The lowest BCUT2D eigenvalue weighted by atomic mass is 9.81. The van der Waals surface area contributed by atoms with E-state index < -0.39 is 29.6 Å². The van der Waals surface area contributed by atoms with E-state index in [0.29, 0.717) is 0 Å². The molecule has 216 valence electrons. The normalized spacial score (nSPS) is 20.0. The average molecular weight is 559 g/mol. The molecule has 39 heavy (non-hydrogen) atoms. The Hall–Kier alpha value is -2.33. The van der Waals surface area contributed by atoms with Crippen molar-refractivity contribution in [3.8, 4) is 10.4 Å². The van der Waals surface area contributed by atoms with Gasteiger partial charge in [-0.25, -0.2) is 4.98 Å². The first kappa shape index (κ1) is 31.2. The van der Waals surface area contributed by atoms with Crippen LogP contribution in [0.1, 0.15) is 79.1 Å². The molecule has 0 bridgehead atoms. The summed E-state index contributed by atoms with van der Waals surface area (Å²) in [5, 5.41) is 23.7. The van der Waals surface area contributed by atoms with Crippen LogP contribution in [0.3, 0.4) is 0 Å². The Labute approximate surface area is 237 Å². The third-order valence-electron chi connectivity index (χ3n) is 7.35. The summed E-state index contributed by atoms with van der Waals surface area (Å²) >= 11 is 1.57. The van der Waals surface area contributed by atoms with Gasteiger partial charge < -0.3 is 20.4 Å². The van der Waals surface area contributed by atoms with E-state index in [2.05, 4.69) is 49.8 Å². The number of aryl methyl sites for hydroxylation is 1. The predicted octanol–water partition coefficient (Wildman–Crippen LogP) is 4.15. The Morgan fingerprint density at radius 2 is 1.77 bits per heavy atom. The molecule has 0 unspecified atom stereocenters. The molecule has 2 heterocycles. The molecule has 1 saturated heterocycles. The fraction of sp³-hybridized carbons (Fsp3) is 0.633. The van der Waals surface area contributed by atoms with Crippen molar-refractivity contribution < 1.29 is 19.8 Å². The summed E-state index contributed by atoms with van der Waals surface area (Å²) < 4.78 is 0. The van der Waals surface area contributed by atoms with Gasteiger partial charge in [0.1, 0.15) is 6.04 Å². The van der Waals surface area contributed by atoms with Crippen LogP contribution in [0.4, 0.5) is 0 Å². The van der Waals surface area contributed by atoms with Gasteiger partial charge in [0.15, 0.2) is 0 Å². The monoisotopic (exact) mass is 558 g/mol. The molecule has 1 aliphatic heterocycles. The topological polar surface area (TPSA) is 106 Å². The van der Waals surface area contributed by atoms with Crippen molar-refractivity contribution in [2.75, 3.05) is 13.2 Å². The number of rotatable bonds is 8. The van der Waals surface area contributed by atoms with Crippen molar-refractivity contribution >= 4 is 23.2 Å². The molecule has 9 heteroatoms. The molecule has 0 saturated carbocycles. The number of nitrogens with one attached hydrogen (secondary N) is 1. The standard InChI is InChI=1S/C30H46N4O4S/c1-18(2)34(30(7,8)9)26(29(4,5)6)28(38)33-15-22(36)14-24(33)27(37)32-23(16-35)20-10-12-21(13-11-20)25-19(3)31-17-39-25/h10-13,17-18,22-24,26,35-36H,14-16H2,1-9H3,(H,32,37)/t22-,23+,24+,26-/m1/s1. The van der Waals surface area contributed by atoms with Crippen LogP contribution in [0.15, 0.2) is 29.8 Å². The van der Waals surface area contributed by atoms with E-state index in [4.69, 9.17) is 0 Å². The Morgan fingerprint density at radius 3 is 2.23 bits per heavy atom. The Kier molecular flexibility index (Phi) is 9.63. The molecule has 0 aliphatic carbocycles. The number of nitrogens with zero attached hydrogens (tertiary/aromatic N) is 3. The minimum atomic E-state index is -0.820. The molecule has 3 N–H and O–H groups in total. The summed E-state index contributed by atoms with van der Waals surface area (Å²) in [7, 11) is 0. The van der Waals surface area contributed by atoms with E-state index in [0.717, 1.165) is 21.7 Å². The van der Waals surface area contributed by atoms with Gasteiger partial charge in [-0.15, -0.1) is 11.3 Å². The number of hydrogen-bond donors (Lipinski definition) is 3. The zero-order valence-corrected chi connectivity index (χ0v) is 25.7. The van der Waals surface area contributed by atoms with Gasteiger partial charge >= 0.3 is 0 Å². The second kappa shape index (κ2) is 12.0. The number of carbonyl (C=O) groups excluding carboxylic acids is 2. The van der Waals surface area contributed by atoms with E-state index in [1.54, 1.807) is 16.2 Å². The number of hydrogen-bond acceptors (Lipinski definition) is 7. The minimum absolute atomic E-state index is 0.0912. The van der Waals surface area contributed by atoms with Gasteiger partial charge in [0, 0.05) is 24.5 Å². The number of carbonyl (C=O) groups is 2. The second-order valence-corrected chi connectivity index (χ2v) is 13.8. The van der Waals surface area contributed by atoms with Crippen molar-refractivity contribution in [1.82, 2.24) is 20.1 Å². The van der Waals surface area contributed by atoms with Crippen molar-refractivity contribution in [1.29, 1.82) is 0 Å². The van der Waals surface area contributed by atoms with Gasteiger partial charge in [0.05, 0.1) is 40.9 Å². The molecule has 0 radical (unpaired) electrons. The van der Waals surface area contributed by atoms with Gasteiger partial charge in [0.2, 0.25) is 11.8 Å². The number of aliphatic hydroxyl groups is 2. The first-order chi connectivity index (χ1) is 18.1. The van der Waals surface area contributed by atoms with E-state index in [9.17, 15) is 19.8 Å². The summed E-state index contributed by atoms with van der Waals surface area (Å²) in [5.41, 5.74) is 3.86. The van der Waals surface area contributed by atoms with Crippen molar-refractivity contribution in [2.45, 2.75) is 105 Å². The van der Waals surface area contributed by atoms with Crippen LogP contribution < -0.4 is 5.32 Å². The smallest absolute Gasteiger partial charge is 0.243 e. The third kappa shape index (κ3) is 7.06. The number of aliphatic hydroxyl groups excluding tert-OH is 2. The van der Waals surface area contributed by atoms with Gasteiger partial charge in [-0.05, 0) is 58.1 Å². The molecule has 3 rings (SSSR count). The average Bonchev–Trinajstić information content (AvgIpc) is 3.44. The second-order valence-electron chi connectivity index (χ2n) is 13.0. The summed E-state index contributed by atoms with van der Waals surface area (Å²) in [6.45, 7) is 18.3. The third-order valence-corrected chi connectivity index (χ3v) is 8.33. The lowest BCUT2D eigenvalue weighted by Gasteiger charge is -2.50. The largest absolute Gasteiger partial charge is 0.394 e. The number of amides is 2. The number of likely N-dealkylation sites (tertiary alicyclic amines) is 1. The quantitative estimate of drug-likeness (QED) is 0.450. The lowest BCUT2D eigenvalue weighted by Crippen LogP contribution is -2.63. The summed E-state index contributed by atoms with van der Waals surface area (Å²) in [6, 6.07) is 5.84. The van der Waals surface area contributed by atoms with E-state index in [-0.39, 0.29) is 43.0 Å². The lowest BCUT2D eigenvalue weighted by molar-refractivity contribution is -0.150. The van der Waals surface area contributed by atoms with Gasteiger partial charge in [0.25, 0.3) is 0 Å². The highest BCUT2D eigenvalue weighted by atomic mass is 32.1. The highest BCUT2D eigenvalue weighted by molar-refractivity contribution is 7.13. The molecule has 1 fully saturated rings. The van der Waals surface area contributed by atoms with E-state index in [1.807, 2.05) is 57.5 Å². The van der Waals surface area contributed by atoms with Crippen molar-refractivity contribution in [3.63, 3.8) is 0 Å². The fourth-order valence-corrected chi connectivity index (χ4v) is 6.59. The summed E-state index contributed by atoms with van der Waals surface area (Å²) in [4.78, 5) is 36.9. The number of benzene rings is 1. The Bertz CT molecular complexity index is 1130. The maximum atomic E-state index is 14.2. The van der Waals surface area contributed by atoms with Crippen LogP contribution in [0.25, 0.3) is 10.4 Å². The van der Waals surface area contributed by atoms with Crippen LogP contribution in [-0.4, -0.2) is 79.7 Å². The van der Waals surface area contributed by atoms with Gasteiger partial charge in [-0.3, -0.25) is 14.5 Å². The SMILES string of the molecule is Cc1ncsc1-c1ccc([C@H](CO)NC(=O)[C@@H]2C[C@@H](O)CN2C(=O)[C@@H](N(C(C)C)C(C)(C)C)C(C)(C)C)cc1. The Morgan fingerprint density at radius 1 is 1.15 bits per heavy atom. The van der Waals surface area contributed by atoms with E-state index >= 15 is 0 Å². The molecule has 1 aromatic heterocycles. The molecule has 4 atom stereocenters. The van der Waals surface area contributed by atoms with Crippen LogP contribution >= 0.6 is 11.3 Å². The van der Waals surface area contributed by atoms with E-state index in [1.165, 1.54) is 0 Å². The minimum Gasteiger partial charge on any atom is -0.394 e. The molecular weight excluding hydrogens is 512 g/mol. The summed E-state index contributed by atoms with van der Waals surface area (Å²) in [5.74, 6) is -0.534. The first-order valence-corrected chi connectivity index (χ1v) is 14.6. The van der Waals surface area contributed by atoms with Crippen molar-refractivity contribution in [3.05, 3.63) is 41.0 Å². The number of β-amino-alcohol motifs (C(OH)–C–C–N with tert-alkyl or cyclic N) is 1. The van der Waals surface area contributed by atoms with Gasteiger partial charge in [-0.1, -0.05) is 45.0 Å². The highest BCUT2D eigenvalue weighted by Gasteiger charge is 2.48. The number of thiazole rings is 1. The zero-order chi connectivity index (χ0) is 29.3. The maximum Gasteiger partial charge on any atom is 0.243 e. The molecule has 1 aliphatic rings. The highest BCUT2D eigenvalue weighted by Crippen LogP contribution is 2.35. The summed E-state index contributed by atoms with van der Waals surface area (Å²) in [6.07, 6.45) is -0.630. The van der Waals surface area contributed by atoms with Crippen molar-refractivity contribution in [2.24, 2.45) is 5.41 Å². The molecule has 2 aromatic rings. The molecule has 2 amide bonds. The first-order valence-electron chi connectivity index (χ1n) is 13.7. The zero-order valence-electron chi connectivity index (χ0n) is 24.9. The maximum absolute atomic E-state index is 14.2. The number of aromatic nitrogens is 1. The van der Waals surface area contributed by atoms with Crippen LogP contribution in [0, 0.1) is 12.3 Å². The Balaban J connectivity index is 1.84. The molecular formula is C30H46N4O4S. The van der Waals surface area contributed by atoms with Crippen LogP contribution in [0.5, 0.6) is 0 Å². The van der Waals surface area contributed by atoms with Crippen LogP contribution in [0.2, 0.25) is 0 Å². The molecule has 1 aromatic carbocycles. The predicted molar refractivity (Wildman–Crippen MR) is 156 cm³/mol. The molecule has 8 nitrogen and oxygen atoms in total. The van der Waals surface area contributed by atoms with Crippen LogP contribution in [-0.2, 0) is 9.59 Å². The van der Waals surface area contributed by atoms with Gasteiger partial charge in [-0.2, -0.15) is 0 Å². The molecule has 0 spiro atoms.